The Bertz CT molecular complexity index is 1020. The fraction of sp³-hybridized carbons (Fsp3) is 0.484. The molecule has 0 saturated carbocycles. The van der Waals surface area contributed by atoms with E-state index in [2.05, 4.69) is 169 Å². The van der Waals surface area contributed by atoms with E-state index in [0.717, 1.165) is 6.42 Å². The summed E-state index contributed by atoms with van der Waals surface area (Å²) >= 11 is 0. The van der Waals surface area contributed by atoms with E-state index < -0.39 is 44.6 Å². The van der Waals surface area contributed by atoms with E-state index in [1.807, 2.05) is 0 Å². The van der Waals surface area contributed by atoms with E-state index in [9.17, 15) is 0 Å². The van der Waals surface area contributed by atoms with Crippen molar-refractivity contribution in [2.75, 3.05) is 0 Å². The second kappa shape index (κ2) is 11.8. The topological polar surface area (TPSA) is 0 Å². The quantitative estimate of drug-likeness (QED) is 0.226. The summed E-state index contributed by atoms with van der Waals surface area (Å²) in [6.45, 7) is 34.8. The van der Waals surface area contributed by atoms with Crippen molar-refractivity contribution in [1.82, 2.24) is 0 Å². The van der Waals surface area contributed by atoms with Crippen LogP contribution in [0, 0.1) is 0 Å². The molecule has 2 aromatic rings. The highest BCUT2D eigenvalue weighted by atomic mass is 29.6. The minimum absolute atomic E-state index is 0.568. The number of hydrogen-bond acceptors (Lipinski definition) is 0. The van der Waals surface area contributed by atoms with Crippen LogP contribution in [0.4, 0.5) is 0 Å². The molecule has 0 fully saturated rings. The van der Waals surface area contributed by atoms with Gasteiger partial charge in [0, 0.05) is 30.4 Å². The summed E-state index contributed by atoms with van der Waals surface area (Å²) in [6, 6.07) is 22.7. The lowest BCUT2D eigenvalue weighted by molar-refractivity contribution is 1.17. The molecular formula is C31H56Si6. The molecule has 1 unspecified atom stereocenters. The van der Waals surface area contributed by atoms with Crippen molar-refractivity contribution in [3.63, 3.8) is 0 Å². The number of hydrogen-bond donors (Lipinski definition) is 0. The highest BCUT2D eigenvalue weighted by molar-refractivity contribution is 7.71. The SMILES string of the molecule is C[Si](C)(C)[Si](C)(/C=C/C(c1ccccc1)[Si](/C=C/Cc1ccccc1)([Si](C)(C)C)[Si](C)(C)C)[Si](C)(C)C. The van der Waals surface area contributed by atoms with Gasteiger partial charge in [-0.15, -0.1) is 11.4 Å². The standard InChI is InChI=1S/C31H56Si6/c1-32(2,3)36(13,33(4,5)6)28-26-31(30-24-18-15-19-25-30)37(34(7,8)9,35(10,11)12)27-20-23-29-21-16-14-17-22-29/h14-22,24-28,31H,23H2,1-13H3/b27-20+,28-26+. The highest BCUT2D eigenvalue weighted by Crippen LogP contribution is 2.43. The van der Waals surface area contributed by atoms with Gasteiger partial charge in [-0.1, -0.05) is 158 Å². The largest absolute Gasteiger partial charge is 0.103 e. The molecule has 0 saturated heterocycles. The minimum atomic E-state index is -1.88. The van der Waals surface area contributed by atoms with Crippen molar-refractivity contribution in [3.05, 3.63) is 95.3 Å². The third-order valence-corrected chi connectivity index (χ3v) is 88.2. The van der Waals surface area contributed by atoms with Gasteiger partial charge in [-0.25, -0.2) is 0 Å². The van der Waals surface area contributed by atoms with E-state index in [-0.39, 0.29) is 0 Å². The Morgan fingerprint density at radius 3 is 1.38 bits per heavy atom. The molecule has 0 aliphatic carbocycles. The Hall–Kier alpha value is -0.779. The Labute approximate surface area is 235 Å². The Morgan fingerprint density at radius 2 is 0.973 bits per heavy atom. The second-order valence-corrected chi connectivity index (χ2v) is 71.0. The molecule has 2 rings (SSSR count). The Kier molecular flexibility index (Phi) is 10.3. The average molecular weight is 597 g/mol. The molecule has 0 spiro atoms. The van der Waals surface area contributed by atoms with Crippen molar-refractivity contribution >= 4 is 44.6 Å². The van der Waals surface area contributed by atoms with E-state index in [1.165, 1.54) is 5.56 Å². The zero-order valence-electron chi connectivity index (χ0n) is 26.4. The van der Waals surface area contributed by atoms with Gasteiger partial charge in [-0.2, -0.15) is 0 Å². The molecular weight excluding hydrogens is 541 g/mol. The molecule has 2 aromatic carbocycles. The number of rotatable bonds is 11. The maximum absolute atomic E-state index is 2.91. The molecule has 1 atom stereocenters. The van der Waals surface area contributed by atoms with Crippen molar-refractivity contribution in [1.29, 1.82) is 0 Å². The van der Waals surface area contributed by atoms with Gasteiger partial charge >= 0.3 is 0 Å². The Balaban J connectivity index is 2.85. The normalized spacial score (nSPS) is 15.5. The highest BCUT2D eigenvalue weighted by Gasteiger charge is 2.57. The summed E-state index contributed by atoms with van der Waals surface area (Å²) in [5, 5.41) is 0. The predicted molar refractivity (Wildman–Crippen MR) is 188 cm³/mol. The minimum Gasteiger partial charge on any atom is -0.103 e. The van der Waals surface area contributed by atoms with Gasteiger partial charge in [-0.3, -0.25) is 0 Å². The summed E-state index contributed by atoms with van der Waals surface area (Å²) in [5.74, 6) is 0. The third kappa shape index (κ3) is 7.06. The molecule has 0 amide bonds. The molecule has 37 heavy (non-hydrogen) atoms. The lowest BCUT2D eigenvalue weighted by atomic mass is 10.1. The van der Waals surface area contributed by atoms with E-state index in [1.54, 1.807) is 5.56 Å². The maximum atomic E-state index is 2.91. The zero-order valence-corrected chi connectivity index (χ0v) is 32.4. The molecule has 0 heterocycles. The first-order valence-electron chi connectivity index (χ1n) is 14.2. The van der Waals surface area contributed by atoms with Crippen molar-refractivity contribution in [3.8, 4) is 0 Å². The van der Waals surface area contributed by atoms with Gasteiger partial charge in [0.2, 0.25) is 0 Å². The van der Waals surface area contributed by atoms with Crippen molar-refractivity contribution < 1.29 is 0 Å². The second-order valence-electron chi connectivity index (χ2n) is 15.4. The summed E-state index contributed by atoms with van der Waals surface area (Å²) in [6.07, 6.45) is 6.48. The molecule has 204 valence electrons. The summed E-state index contributed by atoms with van der Waals surface area (Å²) < 4.78 is 0. The molecule has 0 radical (unpaired) electrons. The molecule has 0 N–H and O–H groups in total. The lowest BCUT2D eigenvalue weighted by Gasteiger charge is -2.53. The fourth-order valence-corrected chi connectivity index (χ4v) is 86.2. The Morgan fingerprint density at radius 1 is 0.541 bits per heavy atom. The summed E-state index contributed by atoms with van der Waals surface area (Å²) in [5.41, 5.74) is 9.36. The van der Waals surface area contributed by atoms with Gasteiger partial charge in [0.05, 0.1) is 14.2 Å². The first-order valence-corrected chi connectivity index (χ1v) is 37.0. The van der Waals surface area contributed by atoms with Crippen molar-refractivity contribution in [2.24, 2.45) is 0 Å². The molecule has 0 aliphatic rings. The van der Waals surface area contributed by atoms with Gasteiger partial charge in [0.1, 0.15) is 0 Å². The molecule has 0 bridgehead atoms. The average Bonchev–Trinajstić information content (AvgIpc) is 2.76. The summed E-state index contributed by atoms with van der Waals surface area (Å²) in [7, 11) is -9.07. The van der Waals surface area contributed by atoms with Crippen LogP contribution >= 0.6 is 0 Å². The van der Waals surface area contributed by atoms with Gasteiger partial charge < -0.3 is 0 Å². The first kappa shape index (κ1) is 32.4. The first-order chi connectivity index (χ1) is 16.8. The lowest BCUT2D eigenvalue weighted by Crippen LogP contribution is -2.74. The third-order valence-electron chi connectivity index (χ3n) is 9.45. The smallest absolute Gasteiger partial charge is 0.0757 e. The van der Waals surface area contributed by atoms with Crippen LogP contribution in [0.1, 0.15) is 16.7 Å². The van der Waals surface area contributed by atoms with Gasteiger partial charge in [-0.05, 0) is 23.1 Å². The number of benzene rings is 2. The van der Waals surface area contributed by atoms with Crippen LogP contribution < -0.4 is 0 Å². The molecule has 0 nitrogen and oxygen atoms in total. The van der Waals surface area contributed by atoms with Crippen LogP contribution in [0.3, 0.4) is 0 Å². The van der Waals surface area contributed by atoms with Gasteiger partial charge in [0.15, 0.2) is 0 Å². The van der Waals surface area contributed by atoms with Crippen LogP contribution in [0.5, 0.6) is 0 Å². The van der Waals surface area contributed by atoms with Crippen LogP contribution in [-0.2, 0) is 6.42 Å². The maximum Gasteiger partial charge on any atom is 0.0757 e. The predicted octanol–water partition coefficient (Wildman–Crippen LogP) is 9.94. The van der Waals surface area contributed by atoms with Crippen LogP contribution in [0.25, 0.3) is 0 Å². The van der Waals surface area contributed by atoms with Crippen molar-refractivity contribution in [2.45, 2.75) is 97.1 Å². The van der Waals surface area contributed by atoms with Crippen LogP contribution in [0.15, 0.2) is 84.2 Å². The fourth-order valence-electron chi connectivity index (χ4n) is 6.76. The molecule has 0 aliphatic heterocycles. The van der Waals surface area contributed by atoms with E-state index in [4.69, 9.17) is 0 Å². The monoisotopic (exact) mass is 596 g/mol. The van der Waals surface area contributed by atoms with Crippen LogP contribution in [-0.4, -0.2) is 44.6 Å². The summed E-state index contributed by atoms with van der Waals surface area (Å²) in [4.78, 5) is 0. The molecule has 6 heteroatoms. The van der Waals surface area contributed by atoms with E-state index >= 15 is 0 Å². The van der Waals surface area contributed by atoms with E-state index in [0.29, 0.717) is 5.54 Å². The zero-order chi connectivity index (χ0) is 28.3. The van der Waals surface area contributed by atoms with Gasteiger partial charge in [0.25, 0.3) is 0 Å². The number of allylic oxidation sites excluding steroid dienone is 2. The molecule has 0 aromatic heterocycles. The van der Waals surface area contributed by atoms with Crippen LogP contribution in [0.2, 0.25) is 85.1 Å².